The summed E-state index contributed by atoms with van der Waals surface area (Å²) in [6.45, 7) is 0. The number of fused-ring (bicyclic) bond motifs is 5. The molecule has 5 nitrogen and oxygen atoms in total. The predicted molar refractivity (Wildman–Crippen MR) is 207 cm³/mol. The lowest BCUT2D eigenvalue weighted by atomic mass is 9.96. The molecule has 0 fully saturated rings. The highest BCUT2D eigenvalue weighted by Gasteiger charge is 2.23. The zero-order valence-corrected chi connectivity index (χ0v) is 27.4. The fourth-order valence-corrected chi connectivity index (χ4v) is 7.38. The maximum absolute atomic E-state index is 11.7. The lowest BCUT2D eigenvalue weighted by molar-refractivity contribution is 0.477. The standard InChI is InChI=1S/C46H29N3O2/c50-42-28-31(29-12-2-1-3-13-29)23-24-36(42)46-48-44-35(18-11-21-41(44)49(46)40-20-10-15-30-14-4-5-16-33(30)40)38-27-32(39-19-8-9-25-47-39)26-37-34-17-6-7-22-43(34)51-45(37)38/h1-28,50H. The van der Waals surface area contributed by atoms with Crippen LogP contribution in [0.3, 0.4) is 0 Å². The van der Waals surface area contributed by atoms with E-state index in [1.807, 2.05) is 91.1 Å². The summed E-state index contributed by atoms with van der Waals surface area (Å²) in [7, 11) is 0. The molecule has 0 aliphatic rings. The molecule has 0 radical (unpaired) electrons. The van der Waals surface area contributed by atoms with E-state index in [1.165, 1.54) is 0 Å². The van der Waals surface area contributed by atoms with Crippen LogP contribution in [-0.2, 0) is 0 Å². The third-order valence-corrected chi connectivity index (χ3v) is 9.77. The first kappa shape index (κ1) is 29.0. The number of furan rings is 1. The highest BCUT2D eigenvalue weighted by atomic mass is 16.3. The van der Waals surface area contributed by atoms with Gasteiger partial charge in [0.15, 0.2) is 0 Å². The van der Waals surface area contributed by atoms with Gasteiger partial charge in [-0.15, -0.1) is 0 Å². The van der Waals surface area contributed by atoms with Crippen LogP contribution >= 0.6 is 0 Å². The van der Waals surface area contributed by atoms with Crippen molar-refractivity contribution >= 4 is 43.7 Å². The fraction of sp³-hybridized carbons (Fsp3) is 0. The number of para-hydroxylation sites is 2. The average Bonchev–Trinajstić information content (AvgIpc) is 3.77. The number of aromatic hydroxyl groups is 1. The van der Waals surface area contributed by atoms with E-state index in [-0.39, 0.29) is 5.75 Å². The Morgan fingerprint density at radius 3 is 2.18 bits per heavy atom. The van der Waals surface area contributed by atoms with Gasteiger partial charge in [0.25, 0.3) is 0 Å². The number of pyridine rings is 1. The maximum Gasteiger partial charge on any atom is 0.149 e. The highest BCUT2D eigenvalue weighted by Crippen LogP contribution is 2.44. The van der Waals surface area contributed by atoms with E-state index in [1.54, 1.807) is 0 Å². The van der Waals surface area contributed by atoms with Gasteiger partial charge in [0.05, 0.1) is 28.0 Å². The molecule has 0 aliphatic heterocycles. The van der Waals surface area contributed by atoms with E-state index >= 15 is 0 Å². The molecule has 0 unspecified atom stereocenters. The minimum atomic E-state index is 0.159. The van der Waals surface area contributed by atoms with Gasteiger partial charge in [-0.1, -0.05) is 109 Å². The number of imidazole rings is 1. The Labute approximate surface area is 293 Å². The number of phenols is 1. The van der Waals surface area contributed by atoms with Crippen LogP contribution in [0, 0.1) is 0 Å². The van der Waals surface area contributed by atoms with Gasteiger partial charge >= 0.3 is 0 Å². The van der Waals surface area contributed by atoms with Crippen molar-refractivity contribution in [1.82, 2.24) is 14.5 Å². The van der Waals surface area contributed by atoms with Gasteiger partial charge in [0, 0.05) is 39.0 Å². The molecule has 1 N–H and O–H groups in total. The van der Waals surface area contributed by atoms with Crippen molar-refractivity contribution in [2.24, 2.45) is 0 Å². The van der Waals surface area contributed by atoms with Crippen molar-refractivity contribution in [3.63, 3.8) is 0 Å². The molecule has 10 aromatic rings. The van der Waals surface area contributed by atoms with E-state index in [0.29, 0.717) is 11.4 Å². The van der Waals surface area contributed by atoms with Crippen molar-refractivity contribution in [1.29, 1.82) is 0 Å². The molecule has 0 atom stereocenters. The average molecular weight is 656 g/mol. The number of phenolic OH excluding ortho intramolecular Hbond substituents is 1. The molecule has 0 saturated heterocycles. The molecular formula is C46H29N3O2. The summed E-state index contributed by atoms with van der Waals surface area (Å²) in [6.07, 6.45) is 1.82. The van der Waals surface area contributed by atoms with Crippen molar-refractivity contribution in [3.8, 4) is 56.3 Å². The molecule has 51 heavy (non-hydrogen) atoms. The Hall–Kier alpha value is -6.98. The van der Waals surface area contributed by atoms with Crippen LogP contribution in [0.25, 0.3) is 94.3 Å². The molecule has 5 heteroatoms. The topological polar surface area (TPSA) is 64.1 Å². The molecule has 0 aliphatic carbocycles. The minimum absolute atomic E-state index is 0.159. The minimum Gasteiger partial charge on any atom is -0.507 e. The van der Waals surface area contributed by atoms with Crippen LogP contribution in [0.1, 0.15) is 0 Å². The van der Waals surface area contributed by atoms with Crippen LogP contribution in [0.5, 0.6) is 5.75 Å². The van der Waals surface area contributed by atoms with E-state index in [9.17, 15) is 5.11 Å². The third-order valence-electron chi connectivity index (χ3n) is 9.77. The lowest BCUT2D eigenvalue weighted by Gasteiger charge is -2.14. The second-order valence-electron chi connectivity index (χ2n) is 12.8. The Kier molecular flexibility index (Phi) is 6.58. The first-order chi connectivity index (χ1) is 25.2. The van der Waals surface area contributed by atoms with Gasteiger partial charge in [-0.2, -0.15) is 0 Å². The summed E-state index contributed by atoms with van der Waals surface area (Å²) in [5, 5.41) is 16.0. The van der Waals surface area contributed by atoms with Gasteiger partial charge in [-0.3, -0.25) is 9.55 Å². The van der Waals surface area contributed by atoms with Crippen molar-refractivity contribution in [2.75, 3.05) is 0 Å². The van der Waals surface area contributed by atoms with E-state index in [0.717, 1.165) is 82.9 Å². The van der Waals surface area contributed by atoms with Crippen LogP contribution in [0.15, 0.2) is 174 Å². The van der Waals surface area contributed by atoms with Crippen molar-refractivity contribution in [3.05, 3.63) is 170 Å². The molecule has 0 spiro atoms. The number of benzene rings is 7. The fourth-order valence-electron chi connectivity index (χ4n) is 7.38. The van der Waals surface area contributed by atoms with Crippen LogP contribution in [0.4, 0.5) is 0 Å². The van der Waals surface area contributed by atoms with Crippen molar-refractivity contribution < 1.29 is 9.52 Å². The first-order valence-electron chi connectivity index (χ1n) is 17.0. The molecule has 3 heterocycles. The zero-order valence-electron chi connectivity index (χ0n) is 27.4. The summed E-state index contributed by atoms with van der Waals surface area (Å²) in [5.74, 6) is 0.805. The van der Waals surface area contributed by atoms with Crippen LogP contribution in [-0.4, -0.2) is 19.6 Å². The van der Waals surface area contributed by atoms with Gasteiger partial charge in [0.2, 0.25) is 0 Å². The molecule has 0 amide bonds. The molecule has 10 rings (SSSR count). The monoisotopic (exact) mass is 655 g/mol. The van der Waals surface area contributed by atoms with E-state index < -0.39 is 0 Å². The molecule has 0 bridgehead atoms. The van der Waals surface area contributed by atoms with Crippen molar-refractivity contribution in [2.45, 2.75) is 0 Å². The third kappa shape index (κ3) is 4.71. The Bertz CT molecular complexity index is 2920. The van der Waals surface area contributed by atoms with Crippen LogP contribution < -0.4 is 0 Å². The van der Waals surface area contributed by atoms with Crippen LogP contribution in [0.2, 0.25) is 0 Å². The highest BCUT2D eigenvalue weighted by molar-refractivity contribution is 6.13. The number of hydrogen-bond donors (Lipinski definition) is 1. The summed E-state index contributed by atoms with van der Waals surface area (Å²) < 4.78 is 8.80. The molecule has 7 aromatic carbocycles. The first-order valence-corrected chi connectivity index (χ1v) is 17.0. The number of nitrogens with zero attached hydrogens (tertiary/aromatic N) is 3. The van der Waals surface area contributed by atoms with Gasteiger partial charge in [0.1, 0.15) is 22.7 Å². The Morgan fingerprint density at radius 1 is 0.529 bits per heavy atom. The van der Waals surface area contributed by atoms with Gasteiger partial charge < -0.3 is 9.52 Å². The quantitative estimate of drug-likeness (QED) is 0.200. The smallest absolute Gasteiger partial charge is 0.149 e. The predicted octanol–water partition coefficient (Wildman–Crippen LogP) is 11.8. The Morgan fingerprint density at radius 2 is 1.31 bits per heavy atom. The summed E-state index contributed by atoms with van der Waals surface area (Å²) >= 11 is 0. The largest absolute Gasteiger partial charge is 0.507 e. The summed E-state index contributed by atoms with van der Waals surface area (Å²) in [4.78, 5) is 10.1. The molecule has 3 aromatic heterocycles. The van der Waals surface area contributed by atoms with Gasteiger partial charge in [-0.05, 0) is 71.1 Å². The summed E-state index contributed by atoms with van der Waals surface area (Å²) in [6, 6.07) is 55.3. The number of hydrogen-bond acceptors (Lipinski definition) is 4. The Balaban J connectivity index is 1.28. The van der Waals surface area contributed by atoms with Gasteiger partial charge in [-0.25, -0.2) is 4.98 Å². The number of aromatic nitrogens is 3. The summed E-state index contributed by atoms with van der Waals surface area (Å²) in [5.41, 5.74) is 10.6. The second-order valence-corrected chi connectivity index (χ2v) is 12.8. The maximum atomic E-state index is 11.7. The second kappa shape index (κ2) is 11.6. The molecule has 0 saturated carbocycles. The lowest BCUT2D eigenvalue weighted by Crippen LogP contribution is -1.99. The molecule has 240 valence electrons. The van der Waals surface area contributed by atoms with E-state index in [4.69, 9.17) is 14.4 Å². The zero-order chi connectivity index (χ0) is 33.9. The SMILES string of the molecule is Oc1cc(-c2ccccc2)ccc1-c1nc2c(-c3cc(-c4ccccn4)cc4c3oc3ccccc34)cccc2n1-c1cccc2ccccc12. The molecular weight excluding hydrogens is 627 g/mol. The number of rotatable bonds is 5. The normalized spacial score (nSPS) is 11.6. The van der Waals surface area contributed by atoms with E-state index in [2.05, 4.69) is 83.4 Å².